The van der Waals surface area contributed by atoms with Crippen molar-refractivity contribution in [2.24, 2.45) is 0 Å². The lowest BCUT2D eigenvalue weighted by Gasteiger charge is -2.11. The maximum atomic E-state index is 8.60. The van der Waals surface area contributed by atoms with Gasteiger partial charge in [-0.15, -0.1) is 0 Å². The third-order valence-corrected chi connectivity index (χ3v) is 3.40. The highest BCUT2D eigenvalue weighted by Crippen LogP contribution is 2.11. The molecule has 0 aliphatic carbocycles. The van der Waals surface area contributed by atoms with E-state index in [9.17, 15) is 0 Å². The van der Waals surface area contributed by atoms with Gasteiger partial charge in [0.15, 0.2) is 0 Å². The molecular weight excluding hydrogens is 328 g/mol. The predicted molar refractivity (Wildman–Crippen MR) is 120 cm³/mol. The van der Waals surface area contributed by atoms with E-state index in [-0.39, 0.29) is 42.9 Å². The lowest BCUT2D eigenvalue weighted by molar-refractivity contribution is 0.0333. The Morgan fingerprint density at radius 3 is 1.54 bits per heavy atom. The van der Waals surface area contributed by atoms with Crippen LogP contribution < -0.4 is 0 Å². The summed E-state index contributed by atoms with van der Waals surface area (Å²) in [5.74, 6) is 0. The van der Waals surface area contributed by atoms with Crippen LogP contribution >= 0.6 is 0 Å². The van der Waals surface area contributed by atoms with Crippen LogP contribution in [0, 0.1) is 0 Å². The normalized spacial score (nSPS) is 10.0. The summed E-state index contributed by atoms with van der Waals surface area (Å²) >= 11 is 0. The number of unbranched alkanes of at least 4 members (excludes halogenated alkanes) is 7. The summed E-state index contributed by atoms with van der Waals surface area (Å²) in [6, 6.07) is 0. The Balaban J connectivity index is -0.0000000875. The molecule has 2 N–H and O–H groups in total. The van der Waals surface area contributed by atoms with Gasteiger partial charge in [0, 0.05) is 6.61 Å². The number of rotatable bonds is 15. The summed E-state index contributed by atoms with van der Waals surface area (Å²) < 4.78 is 10.1. The van der Waals surface area contributed by atoms with E-state index in [1.54, 1.807) is 0 Å². The third kappa shape index (κ3) is 43.9. The summed E-state index contributed by atoms with van der Waals surface area (Å²) in [7, 11) is 0. The van der Waals surface area contributed by atoms with Crippen molar-refractivity contribution >= 4 is 0 Å². The molecule has 0 amide bonds. The zero-order valence-electron chi connectivity index (χ0n) is 15.2. The lowest BCUT2D eigenvalue weighted by atomic mass is 10.1. The van der Waals surface area contributed by atoms with Crippen LogP contribution in [-0.2, 0) is 9.47 Å². The quantitative estimate of drug-likeness (QED) is 0.317. The Bertz CT molecular complexity index is 174. The molecule has 0 fully saturated rings. The fraction of sp³-hybridized carbons (Fsp3) is 1.00. The summed E-state index contributed by atoms with van der Waals surface area (Å²) in [6.07, 6.45) is 12.4. The molecular formula is C22H56O4. The maximum Gasteiger partial charge on any atom is 0.0701 e. The molecule has 0 rings (SSSR count). The van der Waals surface area contributed by atoms with Crippen molar-refractivity contribution in [2.45, 2.75) is 114 Å². The van der Waals surface area contributed by atoms with Crippen molar-refractivity contribution in [3.63, 3.8) is 0 Å². The van der Waals surface area contributed by atoms with Crippen molar-refractivity contribution in [1.82, 2.24) is 0 Å². The topological polar surface area (TPSA) is 58.9 Å². The SMILES string of the molecule is C.C.C.C.CCCCCCCCCCC(C)OCCO.CCOCCO. The first kappa shape index (κ1) is 40.5. The van der Waals surface area contributed by atoms with Gasteiger partial charge in [0.25, 0.3) is 0 Å². The van der Waals surface area contributed by atoms with Gasteiger partial charge in [-0.2, -0.15) is 0 Å². The standard InChI is InChI=1S/C14H30O2.C4H10O2.4CH4/c1-3-4-5-6-7-8-9-10-11-14(2)16-13-12-15;1-2-6-4-3-5;;;;/h14-15H,3-13H2,1-2H3;5H,2-4H2,1H3;4*1H4. The van der Waals surface area contributed by atoms with E-state index < -0.39 is 0 Å². The molecule has 0 heterocycles. The predicted octanol–water partition coefficient (Wildman–Crippen LogP) is 6.47. The molecule has 0 spiro atoms. The number of aliphatic hydroxyl groups excluding tert-OH is 2. The molecule has 0 aromatic heterocycles. The van der Waals surface area contributed by atoms with Crippen LogP contribution in [0.3, 0.4) is 0 Å². The van der Waals surface area contributed by atoms with E-state index in [1.165, 1.54) is 51.4 Å². The molecule has 1 unspecified atom stereocenters. The fourth-order valence-corrected chi connectivity index (χ4v) is 2.11. The van der Waals surface area contributed by atoms with E-state index in [2.05, 4.69) is 13.8 Å². The third-order valence-electron chi connectivity index (χ3n) is 3.40. The Labute approximate surface area is 167 Å². The van der Waals surface area contributed by atoms with E-state index in [0.29, 0.717) is 25.9 Å². The summed E-state index contributed by atoms with van der Waals surface area (Å²) in [4.78, 5) is 0. The second-order valence-corrected chi connectivity index (χ2v) is 5.59. The highest BCUT2D eigenvalue weighted by molar-refractivity contribution is 4.52. The Kier molecular flexibility index (Phi) is 62.0. The maximum absolute atomic E-state index is 8.60. The smallest absolute Gasteiger partial charge is 0.0701 e. The van der Waals surface area contributed by atoms with Gasteiger partial charge in [0.1, 0.15) is 0 Å². The second-order valence-electron chi connectivity index (χ2n) is 5.59. The van der Waals surface area contributed by atoms with Crippen LogP contribution in [0.2, 0.25) is 0 Å². The Morgan fingerprint density at radius 2 is 1.15 bits per heavy atom. The molecule has 0 aliphatic heterocycles. The van der Waals surface area contributed by atoms with Gasteiger partial charge in [-0.1, -0.05) is 88.0 Å². The molecule has 0 aromatic carbocycles. The Hall–Kier alpha value is -0.160. The molecule has 4 heteroatoms. The lowest BCUT2D eigenvalue weighted by Crippen LogP contribution is -2.11. The molecule has 0 saturated heterocycles. The second kappa shape index (κ2) is 39.8. The minimum Gasteiger partial charge on any atom is -0.394 e. The van der Waals surface area contributed by atoms with Gasteiger partial charge in [-0.25, -0.2) is 0 Å². The van der Waals surface area contributed by atoms with Gasteiger partial charge < -0.3 is 19.7 Å². The number of hydrogen-bond acceptors (Lipinski definition) is 4. The van der Waals surface area contributed by atoms with Crippen molar-refractivity contribution < 1.29 is 19.7 Å². The zero-order valence-corrected chi connectivity index (χ0v) is 15.2. The first-order valence-electron chi connectivity index (χ1n) is 9.13. The zero-order chi connectivity index (χ0) is 16.9. The molecule has 26 heavy (non-hydrogen) atoms. The van der Waals surface area contributed by atoms with E-state index in [4.69, 9.17) is 19.7 Å². The summed E-state index contributed by atoms with van der Waals surface area (Å²) in [5, 5.41) is 16.7. The molecule has 0 saturated carbocycles. The van der Waals surface area contributed by atoms with Crippen LogP contribution in [0.15, 0.2) is 0 Å². The monoisotopic (exact) mass is 384 g/mol. The van der Waals surface area contributed by atoms with Crippen LogP contribution in [0.5, 0.6) is 0 Å². The molecule has 0 aromatic rings. The number of hydrogen-bond donors (Lipinski definition) is 2. The van der Waals surface area contributed by atoms with Crippen LogP contribution in [0.25, 0.3) is 0 Å². The van der Waals surface area contributed by atoms with Gasteiger partial charge >= 0.3 is 0 Å². The van der Waals surface area contributed by atoms with Gasteiger partial charge in [0.2, 0.25) is 0 Å². The molecule has 0 radical (unpaired) electrons. The fourth-order valence-electron chi connectivity index (χ4n) is 2.11. The van der Waals surface area contributed by atoms with Crippen molar-refractivity contribution in [3.05, 3.63) is 0 Å². The van der Waals surface area contributed by atoms with Crippen LogP contribution in [0.4, 0.5) is 0 Å². The first-order chi connectivity index (χ1) is 10.7. The molecule has 4 nitrogen and oxygen atoms in total. The van der Waals surface area contributed by atoms with Gasteiger partial charge in [-0.3, -0.25) is 0 Å². The van der Waals surface area contributed by atoms with Crippen LogP contribution in [0.1, 0.15) is 108 Å². The molecule has 1 atom stereocenters. The van der Waals surface area contributed by atoms with Gasteiger partial charge in [-0.05, 0) is 20.3 Å². The number of ether oxygens (including phenoxy) is 2. The molecule has 0 aliphatic rings. The molecule has 168 valence electrons. The van der Waals surface area contributed by atoms with Crippen LogP contribution in [-0.4, -0.2) is 49.4 Å². The molecule has 0 bridgehead atoms. The largest absolute Gasteiger partial charge is 0.394 e. The minimum absolute atomic E-state index is 0. The van der Waals surface area contributed by atoms with Gasteiger partial charge in [0.05, 0.1) is 32.5 Å². The van der Waals surface area contributed by atoms with Crippen molar-refractivity contribution in [1.29, 1.82) is 0 Å². The first-order valence-corrected chi connectivity index (χ1v) is 9.13. The highest BCUT2D eigenvalue weighted by atomic mass is 16.5. The van der Waals surface area contributed by atoms with E-state index in [1.807, 2.05) is 6.92 Å². The average Bonchev–Trinajstić information content (AvgIpc) is 2.54. The minimum atomic E-state index is 0. The van der Waals surface area contributed by atoms with E-state index in [0.717, 1.165) is 6.42 Å². The van der Waals surface area contributed by atoms with Crippen molar-refractivity contribution in [3.8, 4) is 0 Å². The van der Waals surface area contributed by atoms with Crippen molar-refractivity contribution in [2.75, 3.05) is 33.0 Å². The number of aliphatic hydroxyl groups is 2. The van der Waals surface area contributed by atoms with E-state index >= 15 is 0 Å². The summed E-state index contributed by atoms with van der Waals surface area (Å²) in [6.45, 7) is 8.17. The Morgan fingerprint density at radius 1 is 0.692 bits per heavy atom. The highest BCUT2D eigenvalue weighted by Gasteiger charge is 2.00. The summed E-state index contributed by atoms with van der Waals surface area (Å²) in [5.41, 5.74) is 0. The average molecular weight is 385 g/mol.